The van der Waals surface area contributed by atoms with E-state index in [0.717, 1.165) is 0 Å². The third-order valence-electron chi connectivity index (χ3n) is 7.55. The lowest BCUT2D eigenvalue weighted by atomic mass is 10.0. The second-order valence-electron chi connectivity index (χ2n) is 10.3. The van der Waals surface area contributed by atoms with Gasteiger partial charge in [0.25, 0.3) is 0 Å². The Morgan fingerprint density at radius 3 is 1.48 bits per heavy atom. The predicted molar refractivity (Wildman–Crippen MR) is 118 cm³/mol. The molecule has 5 aliphatic rings. The summed E-state index contributed by atoms with van der Waals surface area (Å²) in [5, 5.41) is 3.22. The van der Waals surface area contributed by atoms with Crippen LogP contribution in [-0.2, 0) is 18.9 Å². The molecule has 0 bridgehead atoms. The van der Waals surface area contributed by atoms with Gasteiger partial charge in [-0.25, -0.2) is 0 Å². The molecular formula is C23H32O4P2. The predicted octanol–water partition coefficient (Wildman–Crippen LogP) is 3.89. The fourth-order valence-corrected chi connectivity index (χ4v) is 14.6. The summed E-state index contributed by atoms with van der Waals surface area (Å²) in [6.07, 6.45) is 2.02. The van der Waals surface area contributed by atoms with Crippen LogP contribution in [0.5, 0.6) is 0 Å². The van der Waals surface area contributed by atoms with Gasteiger partial charge in [-0.05, 0) is 44.7 Å². The van der Waals surface area contributed by atoms with Crippen molar-refractivity contribution in [2.24, 2.45) is 0 Å². The molecule has 1 aromatic carbocycles. The van der Waals surface area contributed by atoms with Gasteiger partial charge in [-0.1, -0.05) is 54.0 Å². The first-order valence-electron chi connectivity index (χ1n) is 11.0. The van der Waals surface area contributed by atoms with Crippen molar-refractivity contribution in [1.29, 1.82) is 0 Å². The van der Waals surface area contributed by atoms with E-state index in [0.29, 0.717) is 22.6 Å². The smallest absolute Gasteiger partial charge is 0.163 e. The monoisotopic (exact) mass is 434 g/mol. The molecule has 158 valence electrons. The first-order chi connectivity index (χ1) is 13.7. The summed E-state index contributed by atoms with van der Waals surface area (Å²) in [7, 11) is -0.628. The SMILES string of the molecule is C[C@H]1[C@H]2OC(C)(C)O[C@@H]2[C@@H]2C[C@H]3[C@H]4OC(C)(C)O[C@@H]4[C@H](C)P3c3ccccc3P12. The van der Waals surface area contributed by atoms with Crippen molar-refractivity contribution < 1.29 is 18.9 Å². The van der Waals surface area contributed by atoms with Gasteiger partial charge in [0.15, 0.2) is 11.6 Å². The Kier molecular flexibility index (Phi) is 4.22. The summed E-state index contributed by atoms with van der Waals surface area (Å²) >= 11 is 0. The second kappa shape index (κ2) is 6.25. The first-order valence-corrected chi connectivity index (χ1v) is 14.0. The minimum Gasteiger partial charge on any atom is -0.344 e. The maximum atomic E-state index is 6.54. The van der Waals surface area contributed by atoms with E-state index in [9.17, 15) is 0 Å². The van der Waals surface area contributed by atoms with E-state index in [1.54, 1.807) is 10.6 Å². The topological polar surface area (TPSA) is 36.9 Å². The molecule has 5 heterocycles. The van der Waals surface area contributed by atoms with Gasteiger partial charge < -0.3 is 18.9 Å². The van der Waals surface area contributed by atoms with Crippen LogP contribution in [0.4, 0.5) is 0 Å². The maximum Gasteiger partial charge on any atom is 0.163 e. The number of hydrogen-bond donors (Lipinski definition) is 0. The van der Waals surface area contributed by atoms with E-state index < -0.39 is 11.6 Å². The van der Waals surface area contributed by atoms with E-state index in [1.807, 2.05) is 0 Å². The number of hydrogen-bond acceptors (Lipinski definition) is 4. The van der Waals surface area contributed by atoms with E-state index in [2.05, 4.69) is 65.8 Å². The average Bonchev–Trinajstić information content (AvgIpc) is 3.24. The standard InChI is InChI=1S/C23H32O4P2/c1-12-18-20(26-22(3,4)24-18)16-11-17-21-19(25-23(5,6)27-21)13(2)29(17)15-10-8-7-9-14(15)28(12)16/h7-10,12-13,16-21H,11H2,1-6H3/t12-,13-,16-,17-,18+,19+,20+,21+,28?,29?/m0/s1. The van der Waals surface area contributed by atoms with Crippen LogP contribution >= 0.6 is 15.8 Å². The molecule has 6 heteroatoms. The number of fused-ring (bicyclic) bond motifs is 9. The molecule has 0 N–H and O–H groups in total. The quantitative estimate of drug-likeness (QED) is 0.581. The highest BCUT2D eigenvalue weighted by atomic mass is 31.1. The van der Waals surface area contributed by atoms with Gasteiger partial charge in [0, 0.05) is 22.6 Å². The summed E-state index contributed by atoms with van der Waals surface area (Å²) in [6.45, 7) is 13.1. The molecule has 0 saturated carbocycles. The first kappa shape index (κ1) is 19.6. The highest BCUT2D eigenvalue weighted by molar-refractivity contribution is 7.74. The maximum absolute atomic E-state index is 6.54. The third-order valence-corrected chi connectivity index (χ3v) is 14.4. The Morgan fingerprint density at radius 2 is 1.07 bits per heavy atom. The second-order valence-corrected chi connectivity index (χ2v) is 15.8. The fourth-order valence-electron chi connectivity index (χ4n) is 6.65. The van der Waals surface area contributed by atoms with Gasteiger partial charge >= 0.3 is 0 Å². The minimum absolute atomic E-state index is 0.207. The van der Waals surface area contributed by atoms with Crippen molar-refractivity contribution >= 4 is 26.5 Å². The molecule has 2 unspecified atom stereocenters. The lowest BCUT2D eigenvalue weighted by Gasteiger charge is -2.30. The highest BCUT2D eigenvalue weighted by Crippen LogP contribution is 2.69. The summed E-state index contributed by atoms with van der Waals surface area (Å²) < 4.78 is 25.9. The van der Waals surface area contributed by atoms with Gasteiger partial charge in [0.05, 0.1) is 24.4 Å². The van der Waals surface area contributed by atoms with Crippen LogP contribution in [0.2, 0.25) is 0 Å². The van der Waals surface area contributed by atoms with Crippen LogP contribution in [0.3, 0.4) is 0 Å². The zero-order valence-electron chi connectivity index (χ0n) is 18.2. The van der Waals surface area contributed by atoms with Crippen LogP contribution in [0.15, 0.2) is 24.3 Å². The molecule has 4 saturated heterocycles. The number of rotatable bonds is 0. The lowest BCUT2D eigenvalue weighted by molar-refractivity contribution is -0.149. The molecule has 0 aliphatic carbocycles. The van der Waals surface area contributed by atoms with Crippen molar-refractivity contribution in [3.63, 3.8) is 0 Å². The molecule has 1 aromatic rings. The normalized spacial score (nSPS) is 51.0. The Labute approximate surface area is 176 Å². The number of benzene rings is 1. The van der Waals surface area contributed by atoms with Gasteiger partial charge in [0.2, 0.25) is 0 Å². The molecule has 4 nitrogen and oxygen atoms in total. The van der Waals surface area contributed by atoms with Crippen LogP contribution in [0, 0.1) is 0 Å². The summed E-state index contributed by atoms with van der Waals surface area (Å²) in [6, 6.07) is 9.29. The summed E-state index contributed by atoms with van der Waals surface area (Å²) in [4.78, 5) is 0. The largest absolute Gasteiger partial charge is 0.344 e. The fraction of sp³-hybridized carbons (Fsp3) is 0.739. The molecule has 29 heavy (non-hydrogen) atoms. The van der Waals surface area contributed by atoms with Crippen molar-refractivity contribution in [2.45, 2.75) is 107 Å². The number of ether oxygens (including phenoxy) is 4. The average molecular weight is 434 g/mol. The Morgan fingerprint density at radius 1 is 0.690 bits per heavy atom. The van der Waals surface area contributed by atoms with Crippen LogP contribution in [-0.4, -0.2) is 58.6 Å². The molecule has 0 aromatic heterocycles. The van der Waals surface area contributed by atoms with E-state index >= 15 is 0 Å². The van der Waals surface area contributed by atoms with E-state index in [4.69, 9.17) is 18.9 Å². The van der Waals surface area contributed by atoms with Crippen molar-refractivity contribution in [3.05, 3.63) is 24.3 Å². The molecule has 5 aliphatic heterocycles. The van der Waals surface area contributed by atoms with Crippen molar-refractivity contribution in [2.75, 3.05) is 0 Å². The molecule has 4 fully saturated rings. The molecule has 6 rings (SSSR count). The van der Waals surface area contributed by atoms with Gasteiger partial charge in [-0.2, -0.15) is 0 Å². The third kappa shape index (κ3) is 2.73. The van der Waals surface area contributed by atoms with Crippen molar-refractivity contribution in [1.82, 2.24) is 0 Å². The van der Waals surface area contributed by atoms with Crippen LogP contribution in [0.25, 0.3) is 0 Å². The van der Waals surface area contributed by atoms with Crippen LogP contribution in [0.1, 0.15) is 48.0 Å². The van der Waals surface area contributed by atoms with Gasteiger partial charge in [-0.3, -0.25) is 0 Å². The molecular weight excluding hydrogens is 402 g/mol. The molecule has 10 atom stereocenters. The zero-order valence-corrected chi connectivity index (χ0v) is 20.0. The van der Waals surface area contributed by atoms with Crippen LogP contribution < -0.4 is 10.6 Å². The van der Waals surface area contributed by atoms with Gasteiger partial charge in [0.1, 0.15) is 0 Å². The molecule has 0 radical (unpaired) electrons. The Balaban J connectivity index is 1.47. The zero-order chi connectivity index (χ0) is 20.3. The van der Waals surface area contributed by atoms with Gasteiger partial charge in [-0.15, -0.1) is 0 Å². The van der Waals surface area contributed by atoms with Crippen molar-refractivity contribution in [3.8, 4) is 0 Å². The summed E-state index contributed by atoms with van der Waals surface area (Å²) in [5.41, 5.74) is 2.15. The molecule has 0 spiro atoms. The Bertz CT molecular complexity index is 775. The van der Waals surface area contributed by atoms with E-state index in [1.165, 1.54) is 6.42 Å². The highest BCUT2D eigenvalue weighted by Gasteiger charge is 2.64. The molecule has 0 amide bonds. The Hall–Kier alpha value is -0.0800. The lowest BCUT2D eigenvalue weighted by Crippen LogP contribution is -2.35. The van der Waals surface area contributed by atoms with E-state index in [-0.39, 0.29) is 40.3 Å². The minimum atomic E-state index is -0.470. The summed E-state index contributed by atoms with van der Waals surface area (Å²) in [5.74, 6) is -0.940.